The van der Waals surface area contributed by atoms with Crippen molar-refractivity contribution in [3.8, 4) is 17.8 Å². The molecule has 0 radical (unpaired) electrons. The molecular weight excluding hydrogens is 536 g/mol. The maximum absolute atomic E-state index is 14.2. The van der Waals surface area contributed by atoms with Gasteiger partial charge in [-0.1, -0.05) is 36.4 Å². The first-order valence-corrected chi connectivity index (χ1v) is 14.1. The number of benzene rings is 2. The Kier molecular flexibility index (Phi) is 7.34. The number of carboxylic acid groups (broad SMARTS) is 1. The largest absolute Gasteiger partial charge is 0.465 e. The van der Waals surface area contributed by atoms with Crippen LogP contribution in [-0.2, 0) is 0 Å². The number of nitriles is 1. The molecule has 2 aromatic carbocycles. The van der Waals surface area contributed by atoms with Crippen LogP contribution in [-0.4, -0.2) is 92.4 Å². The van der Waals surface area contributed by atoms with Gasteiger partial charge in [-0.05, 0) is 44.8 Å². The quantitative estimate of drug-likeness (QED) is 0.369. The summed E-state index contributed by atoms with van der Waals surface area (Å²) >= 11 is 0. The minimum atomic E-state index is -1.07. The second kappa shape index (κ2) is 11.3. The fraction of sp³-hybridized carbons (Fsp3) is 0.400. The molecule has 2 aliphatic rings. The highest BCUT2D eigenvalue weighted by molar-refractivity contribution is 5.91. The predicted octanol–water partition coefficient (Wildman–Crippen LogP) is 3.19. The van der Waals surface area contributed by atoms with E-state index in [1.54, 1.807) is 11.5 Å². The van der Waals surface area contributed by atoms with E-state index >= 15 is 0 Å². The van der Waals surface area contributed by atoms with Gasteiger partial charge in [-0.3, -0.25) is 9.36 Å². The highest BCUT2D eigenvalue weighted by Crippen LogP contribution is 2.29. The van der Waals surface area contributed by atoms with Crippen LogP contribution in [0.1, 0.15) is 25.1 Å². The van der Waals surface area contributed by atoms with Crippen LogP contribution in [0.25, 0.3) is 27.5 Å². The summed E-state index contributed by atoms with van der Waals surface area (Å²) in [6.07, 6.45) is 1.04. The monoisotopic (exact) mass is 568 g/mol. The van der Waals surface area contributed by atoms with Crippen molar-refractivity contribution in [3.63, 3.8) is 0 Å². The Labute approximate surface area is 242 Å². The third-order valence-electron chi connectivity index (χ3n) is 8.29. The number of likely N-dealkylation sites (N-methyl/N-ethyl adjacent to an activating group) is 1. The van der Waals surface area contributed by atoms with Crippen molar-refractivity contribution in [3.05, 3.63) is 58.6 Å². The number of fused-ring (bicyclic) bond motifs is 2. The van der Waals surface area contributed by atoms with Gasteiger partial charge in [0.05, 0.1) is 24.2 Å². The molecule has 6 rings (SSSR count). The number of nitrogens with zero attached hydrogens (tertiary/aromatic N) is 8. The first-order valence-electron chi connectivity index (χ1n) is 14.1. The highest BCUT2D eigenvalue weighted by Gasteiger charge is 2.33. The fourth-order valence-corrected chi connectivity index (χ4v) is 6.05. The van der Waals surface area contributed by atoms with Gasteiger partial charge in [0.2, 0.25) is 0 Å². The van der Waals surface area contributed by atoms with Crippen LogP contribution in [0.5, 0.6) is 6.01 Å². The number of rotatable bonds is 6. The Morgan fingerprint density at radius 1 is 1.07 bits per heavy atom. The summed E-state index contributed by atoms with van der Waals surface area (Å²) in [5.74, 6) is 0.862. The molecule has 0 bridgehead atoms. The minimum absolute atomic E-state index is 0.0313. The number of amides is 1. The van der Waals surface area contributed by atoms with E-state index in [1.807, 2.05) is 47.4 Å². The van der Waals surface area contributed by atoms with Gasteiger partial charge < -0.3 is 24.5 Å². The molecule has 42 heavy (non-hydrogen) atoms. The summed E-state index contributed by atoms with van der Waals surface area (Å²) in [6, 6.07) is 15.5. The number of aromatic nitrogens is 4. The number of piperazine rings is 1. The molecule has 12 nitrogen and oxygen atoms in total. The molecule has 2 saturated heterocycles. The lowest BCUT2D eigenvalue weighted by molar-refractivity contribution is 0.119. The normalized spacial score (nSPS) is 19.4. The minimum Gasteiger partial charge on any atom is -0.465 e. The first kappa shape index (κ1) is 27.4. The van der Waals surface area contributed by atoms with Gasteiger partial charge in [0, 0.05) is 31.1 Å². The van der Waals surface area contributed by atoms with E-state index in [1.165, 1.54) is 4.90 Å². The van der Waals surface area contributed by atoms with Gasteiger partial charge in [0.15, 0.2) is 11.3 Å². The number of anilines is 1. The van der Waals surface area contributed by atoms with Crippen molar-refractivity contribution in [2.45, 2.75) is 38.3 Å². The second-order valence-corrected chi connectivity index (χ2v) is 10.9. The van der Waals surface area contributed by atoms with E-state index < -0.39 is 12.1 Å². The molecule has 2 aromatic heterocycles. The first-order chi connectivity index (χ1) is 20.4. The molecule has 0 spiro atoms. The molecule has 216 valence electrons. The maximum atomic E-state index is 14.2. The van der Waals surface area contributed by atoms with Gasteiger partial charge >= 0.3 is 12.1 Å². The van der Waals surface area contributed by atoms with Crippen molar-refractivity contribution in [2.24, 2.45) is 0 Å². The van der Waals surface area contributed by atoms with Crippen LogP contribution in [0.15, 0.2) is 47.3 Å². The molecule has 1 N–H and O–H groups in total. The molecule has 1 amide bonds. The maximum Gasteiger partial charge on any atom is 0.407 e. The Hall–Kier alpha value is -4.76. The Balaban J connectivity index is 1.49. The molecule has 2 atom stereocenters. The number of likely N-dealkylation sites (tertiary alicyclic amines) is 1. The molecule has 2 fully saturated rings. The molecule has 0 aliphatic carbocycles. The Morgan fingerprint density at radius 2 is 1.88 bits per heavy atom. The average Bonchev–Trinajstić information content (AvgIpc) is 3.40. The zero-order valence-electron chi connectivity index (χ0n) is 23.6. The second-order valence-electron chi connectivity index (χ2n) is 10.9. The fourth-order valence-electron chi connectivity index (χ4n) is 6.05. The van der Waals surface area contributed by atoms with E-state index in [2.05, 4.69) is 23.0 Å². The predicted molar refractivity (Wildman–Crippen MR) is 157 cm³/mol. The summed E-state index contributed by atoms with van der Waals surface area (Å²) < 4.78 is 7.68. The summed E-state index contributed by atoms with van der Waals surface area (Å²) in [6.45, 7) is 3.87. The van der Waals surface area contributed by atoms with Crippen molar-refractivity contribution in [1.29, 1.82) is 5.26 Å². The molecule has 12 heteroatoms. The van der Waals surface area contributed by atoms with Gasteiger partial charge in [0.1, 0.15) is 17.9 Å². The lowest BCUT2D eigenvalue weighted by Gasteiger charge is -2.39. The standard InChI is InChI=1S/C30H32N8O4/c1-19-32-25-26(28(39)38(19)24-11-5-8-20-7-3-4-10-23(20)24)33-29(42-18-22-9-6-14-35(22)2)34-27(25)36-15-16-37(30(40)41)21(17-36)12-13-31/h3-5,7-8,10-11,21-22H,6,9,12,14-18H2,1-2H3,(H,40,41). The van der Waals surface area contributed by atoms with Crippen molar-refractivity contribution < 1.29 is 14.6 Å². The van der Waals surface area contributed by atoms with Crippen molar-refractivity contribution in [2.75, 3.05) is 44.7 Å². The molecule has 4 heterocycles. The molecule has 2 unspecified atom stereocenters. The van der Waals surface area contributed by atoms with E-state index in [-0.39, 0.29) is 42.6 Å². The Morgan fingerprint density at radius 3 is 2.64 bits per heavy atom. The van der Waals surface area contributed by atoms with Crippen LogP contribution < -0.4 is 15.2 Å². The van der Waals surface area contributed by atoms with Crippen molar-refractivity contribution >= 4 is 33.7 Å². The van der Waals surface area contributed by atoms with Crippen LogP contribution in [0.4, 0.5) is 10.6 Å². The molecule has 0 saturated carbocycles. The number of ether oxygens (including phenoxy) is 1. The number of aryl methyl sites for hydroxylation is 1. The summed E-state index contributed by atoms with van der Waals surface area (Å²) in [7, 11) is 2.06. The summed E-state index contributed by atoms with van der Waals surface area (Å²) in [5, 5.41) is 21.0. The number of hydrogen-bond acceptors (Lipinski definition) is 9. The summed E-state index contributed by atoms with van der Waals surface area (Å²) in [4.78, 5) is 45.6. The molecule has 4 aromatic rings. The zero-order valence-corrected chi connectivity index (χ0v) is 23.6. The zero-order chi connectivity index (χ0) is 29.4. The van der Waals surface area contributed by atoms with Gasteiger partial charge in [-0.2, -0.15) is 15.2 Å². The van der Waals surface area contributed by atoms with Crippen LogP contribution in [0.2, 0.25) is 0 Å². The SMILES string of the molecule is Cc1nc2c(N3CCN(C(=O)O)C(CC#N)C3)nc(OCC3CCCN3C)nc2c(=O)n1-c1cccc2ccccc12. The smallest absolute Gasteiger partial charge is 0.407 e. The number of carbonyl (C=O) groups is 1. The van der Waals surface area contributed by atoms with Gasteiger partial charge in [-0.15, -0.1) is 0 Å². The third kappa shape index (κ3) is 4.96. The highest BCUT2D eigenvalue weighted by atomic mass is 16.5. The lowest BCUT2D eigenvalue weighted by atomic mass is 10.1. The average molecular weight is 569 g/mol. The van der Waals surface area contributed by atoms with Gasteiger partial charge in [0.25, 0.3) is 5.56 Å². The summed E-state index contributed by atoms with van der Waals surface area (Å²) in [5.41, 5.74) is 0.784. The lowest BCUT2D eigenvalue weighted by Crippen LogP contribution is -2.55. The van der Waals surface area contributed by atoms with Crippen molar-refractivity contribution in [1.82, 2.24) is 29.3 Å². The van der Waals surface area contributed by atoms with Crippen LogP contribution in [0.3, 0.4) is 0 Å². The Bertz CT molecular complexity index is 1760. The van der Waals surface area contributed by atoms with E-state index in [0.717, 1.165) is 30.2 Å². The van der Waals surface area contributed by atoms with E-state index in [9.17, 15) is 20.0 Å². The number of hydrogen-bond donors (Lipinski definition) is 1. The topological polar surface area (TPSA) is 141 Å². The van der Waals surface area contributed by atoms with E-state index in [4.69, 9.17) is 14.7 Å². The van der Waals surface area contributed by atoms with E-state index in [0.29, 0.717) is 36.0 Å². The van der Waals surface area contributed by atoms with Gasteiger partial charge in [-0.25, -0.2) is 9.78 Å². The third-order valence-corrected chi connectivity index (χ3v) is 8.29. The molecule has 2 aliphatic heterocycles. The molecular formula is C30H32N8O4. The van der Waals surface area contributed by atoms with Crippen LogP contribution in [0, 0.1) is 18.3 Å². The van der Waals surface area contributed by atoms with Crippen LogP contribution >= 0.6 is 0 Å².